The third-order valence-corrected chi connectivity index (χ3v) is 8.32. The van der Waals surface area contributed by atoms with Gasteiger partial charge in [0.05, 0.1) is 38.3 Å². The molecule has 1 N–H and O–H groups in total. The maximum Gasteiger partial charge on any atom is 0.336 e. The van der Waals surface area contributed by atoms with Gasteiger partial charge in [-0.25, -0.2) is 19.7 Å². The molecule has 1 fully saturated rings. The van der Waals surface area contributed by atoms with Crippen molar-refractivity contribution >= 4 is 40.7 Å². The minimum absolute atomic E-state index is 0.248. The number of likely N-dealkylation sites (N-methyl/N-ethyl adjacent to an activating group) is 1. The Kier molecular flexibility index (Phi) is 8.21. The first-order valence-electron chi connectivity index (χ1n) is 14.9. The largest absolute Gasteiger partial charge is 0.495 e. The van der Waals surface area contributed by atoms with Crippen molar-refractivity contribution in [1.82, 2.24) is 19.9 Å². The first kappa shape index (κ1) is 29.2. The minimum Gasteiger partial charge on any atom is -0.495 e. The summed E-state index contributed by atoms with van der Waals surface area (Å²) in [7, 11) is 3.24. The first-order chi connectivity index (χ1) is 21.4. The second-order valence-corrected chi connectivity index (χ2v) is 11.0. The van der Waals surface area contributed by atoms with E-state index < -0.39 is 0 Å². The van der Waals surface area contributed by atoms with Crippen molar-refractivity contribution in [1.29, 1.82) is 0 Å². The number of hydrogen-bond acceptors (Lipinski definition) is 9. The molecule has 228 valence electrons. The monoisotopic (exact) mass is 594 g/mol. The van der Waals surface area contributed by atoms with Crippen molar-refractivity contribution in [3.05, 3.63) is 77.6 Å². The molecule has 0 aliphatic carbocycles. The van der Waals surface area contributed by atoms with E-state index in [4.69, 9.17) is 14.5 Å². The van der Waals surface area contributed by atoms with Gasteiger partial charge in [-0.2, -0.15) is 4.98 Å². The van der Waals surface area contributed by atoms with E-state index in [0.717, 1.165) is 66.5 Å². The summed E-state index contributed by atoms with van der Waals surface area (Å²) >= 11 is 0. The molecule has 1 saturated heterocycles. The van der Waals surface area contributed by atoms with Crippen LogP contribution in [0.2, 0.25) is 0 Å². The number of benzene rings is 2. The summed E-state index contributed by atoms with van der Waals surface area (Å²) in [5.41, 5.74) is 5.52. The van der Waals surface area contributed by atoms with Gasteiger partial charge < -0.3 is 24.6 Å². The zero-order valence-electron chi connectivity index (χ0n) is 25.9. The first-order valence-corrected chi connectivity index (χ1v) is 14.9. The Bertz CT molecular complexity index is 1630. The molecule has 0 bridgehead atoms. The van der Waals surface area contributed by atoms with Gasteiger partial charge >= 0.3 is 6.03 Å². The third kappa shape index (κ3) is 5.58. The number of methoxy groups -OCH3 is 2. The van der Waals surface area contributed by atoms with Crippen LogP contribution in [0.5, 0.6) is 11.5 Å². The maximum absolute atomic E-state index is 14.2. The molecule has 0 spiro atoms. The van der Waals surface area contributed by atoms with Gasteiger partial charge in [0.1, 0.15) is 17.3 Å². The Morgan fingerprint density at radius 2 is 1.68 bits per heavy atom. The van der Waals surface area contributed by atoms with Crippen LogP contribution in [0.3, 0.4) is 0 Å². The number of aromatic nitrogens is 3. The number of rotatable bonds is 8. The summed E-state index contributed by atoms with van der Waals surface area (Å²) < 4.78 is 11.1. The average Bonchev–Trinajstić information content (AvgIpc) is 3.05. The van der Waals surface area contributed by atoms with Crippen LogP contribution in [-0.2, 0) is 6.54 Å². The molecule has 4 aromatic rings. The SMILES string of the molecule is CCN1CCN(c2ccc(Nc3ncc4c(n3)N(c3ccc(OC)cn3)C(=O)N(c3c(C)cccc3C)C4)c(OC)c2)CC1. The zero-order valence-corrected chi connectivity index (χ0v) is 25.9. The Morgan fingerprint density at radius 1 is 0.909 bits per heavy atom. The number of carbonyl (C=O) groups is 1. The molecule has 11 heteroatoms. The summed E-state index contributed by atoms with van der Waals surface area (Å²) in [5.74, 6) is 2.53. The number of ether oxygens (including phenoxy) is 2. The number of aryl methyl sites for hydroxylation is 2. The Hall–Kier alpha value is -4.90. The predicted octanol–water partition coefficient (Wildman–Crippen LogP) is 5.67. The van der Waals surface area contributed by atoms with E-state index in [2.05, 4.69) is 38.1 Å². The topological polar surface area (TPSA) is 99.2 Å². The predicted molar refractivity (Wildman–Crippen MR) is 173 cm³/mol. The van der Waals surface area contributed by atoms with Crippen molar-refractivity contribution in [3.8, 4) is 11.5 Å². The number of piperazine rings is 1. The Morgan fingerprint density at radius 3 is 2.34 bits per heavy atom. The highest BCUT2D eigenvalue weighted by molar-refractivity contribution is 6.10. The maximum atomic E-state index is 14.2. The molecule has 11 nitrogen and oxygen atoms in total. The second kappa shape index (κ2) is 12.4. The minimum atomic E-state index is -0.248. The Balaban J connectivity index is 1.34. The lowest BCUT2D eigenvalue weighted by Gasteiger charge is -2.36. The number of nitrogens with zero attached hydrogens (tertiary/aromatic N) is 7. The molecular weight excluding hydrogens is 556 g/mol. The number of pyridine rings is 1. The van der Waals surface area contributed by atoms with Gasteiger partial charge in [0.2, 0.25) is 5.95 Å². The summed E-state index contributed by atoms with van der Waals surface area (Å²) in [6.45, 7) is 11.6. The van der Waals surface area contributed by atoms with Crippen molar-refractivity contribution < 1.29 is 14.3 Å². The summed E-state index contributed by atoms with van der Waals surface area (Å²) in [6, 6.07) is 15.4. The quantitative estimate of drug-likeness (QED) is 0.277. The van der Waals surface area contributed by atoms with Crippen molar-refractivity contribution in [2.45, 2.75) is 27.3 Å². The fourth-order valence-electron chi connectivity index (χ4n) is 5.87. The molecule has 2 aromatic carbocycles. The van der Waals surface area contributed by atoms with Crippen LogP contribution < -0.4 is 29.5 Å². The van der Waals surface area contributed by atoms with Gasteiger partial charge in [-0.3, -0.25) is 4.90 Å². The molecule has 2 aliphatic rings. The molecule has 0 unspecified atom stereocenters. The molecule has 0 radical (unpaired) electrons. The van der Waals surface area contributed by atoms with Crippen LogP contribution in [0, 0.1) is 13.8 Å². The number of urea groups is 1. The van der Waals surface area contributed by atoms with E-state index in [0.29, 0.717) is 35.6 Å². The highest BCUT2D eigenvalue weighted by Gasteiger charge is 2.36. The summed E-state index contributed by atoms with van der Waals surface area (Å²) in [4.78, 5) is 36.4. The van der Waals surface area contributed by atoms with E-state index >= 15 is 0 Å². The molecule has 6 rings (SSSR count). The summed E-state index contributed by atoms with van der Waals surface area (Å²) in [5, 5.41) is 3.32. The molecule has 4 heterocycles. The van der Waals surface area contributed by atoms with Crippen LogP contribution in [-0.4, -0.2) is 72.8 Å². The van der Waals surface area contributed by atoms with Gasteiger partial charge in [0, 0.05) is 49.7 Å². The number of anilines is 6. The van der Waals surface area contributed by atoms with Gasteiger partial charge in [-0.15, -0.1) is 0 Å². The standard InChI is InChI=1S/C33H38N8O3/c1-6-38-14-16-39(17-15-38)25-10-12-27(28(18-25)44-5)36-32-35-19-24-21-40(30-22(2)8-7-9-23(30)3)33(42)41(31(24)37-32)29-13-11-26(43-4)20-34-29/h7-13,18-20H,6,14-17,21H2,1-5H3,(H,35,36,37). The van der Waals surface area contributed by atoms with E-state index in [9.17, 15) is 4.79 Å². The number of amides is 2. The van der Waals surface area contributed by atoms with E-state index in [1.54, 1.807) is 43.6 Å². The Labute approximate surface area is 258 Å². The van der Waals surface area contributed by atoms with Crippen molar-refractivity contribution in [3.63, 3.8) is 0 Å². The third-order valence-electron chi connectivity index (χ3n) is 8.32. The normalized spacial score (nSPS) is 15.3. The van der Waals surface area contributed by atoms with Gasteiger partial charge in [0.15, 0.2) is 5.82 Å². The number of fused-ring (bicyclic) bond motifs is 1. The smallest absolute Gasteiger partial charge is 0.336 e. The number of nitrogens with one attached hydrogen (secondary N) is 1. The van der Waals surface area contributed by atoms with Crippen LogP contribution >= 0.6 is 0 Å². The molecule has 0 atom stereocenters. The molecule has 2 aromatic heterocycles. The average molecular weight is 595 g/mol. The van der Waals surface area contributed by atoms with Gasteiger partial charge in [-0.05, 0) is 55.8 Å². The summed E-state index contributed by atoms with van der Waals surface area (Å²) in [6.07, 6.45) is 3.36. The van der Waals surface area contributed by atoms with E-state index in [1.165, 1.54) is 4.90 Å². The molecule has 2 amide bonds. The zero-order chi connectivity index (χ0) is 30.8. The van der Waals surface area contributed by atoms with E-state index in [1.807, 2.05) is 44.2 Å². The highest BCUT2D eigenvalue weighted by Crippen LogP contribution is 2.38. The van der Waals surface area contributed by atoms with Gasteiger partial charge in [-0.1, -0.05) is 25.1 Å². The van der Waals surface area contributed by atoms with Crippen LogP contribution in [0.1, 0.15) is 23.6 Å². The van der Waals surface area contributed by atoms with E-state index in [-0.39, 0.29) is 6.03 Å². The fourth-order valence-corrected chi connectivity index (χ4v) is 5.87. The van der Waals surface area contributed by atoms with Gasteiger partial charge in [0.25, 0.3) is 0 Å². The molecule has 2 aliphatic heterocycles. The van der Waals surface area contributed by atoms with Crippen LogP contribution in [0.25, 0.3) is 0 Å². The lowest BCUT2D eigenvalue weighted by molar-refractivity contribution is 0.252. The number of para-hydroxylation sites is 1. The van der Waals surface area contributed by atoms with Crippen LogP contribution in [0.4, 0.5) is 39.4 Å². The van der Waals surface area contributed by atoms with Crippen molar-refractivity contribution in [2.75, 3.05) is 67.0 Å². The van der Waals surface area contributed by atoms with Crippen molar-refractivity contribution in [2.24, 2.45) is 0 Å². The highest BCUT2D eigenvalue weighted by atomic mass is 16.5. The molecule has 0 saturated carbocycles. The molecule has 44 heavy (non-hydrogen) atoms. The fraction of sp³-hybridized carbons (Fsp3) is 0.333. The number of hydrogen-bond donors (Lipinski definition) is 1. The lowest BCUT2D eigenvalue weighted by atomic mass is 10.1. The van der Waals surface area contributed by atoms with Crippen LogP contribution in [0.15, 0.2) is 60.9 Å². The number of carbonyl (C=O) groups excluding carboxylic acids is 1. The second-order valence-electron chi connectivity index (χ2n) is 11.0. The molecular formula is C33H38N8O3. The lowest BCUT2D eigenvalue weighted by Crippen LogP contribution is -2.46.